The van der Waals surface area contributed by atoms with Crippen LogP contribution in [0.15, 0.2) is 52.7 Å². The maximum atomic E-state index is 12.1. The standard InChI is InChI=1S/C20H19ClN4O4S/c1-2-28-16-8-13(10-22-25-20-24-19(27)12-30-20)15(21)9-17(16)29-11-18(26)23-14-6-4-3-5-7-14/h3-10H,2,11-12H2,1H3,(H,23,26)(H,24,25,27). The summed E-state index contributed by atoms with van der Waals surface area (Å²) in [6.07, 6.45) is 1.45. The summed E-state index contributed by atoms with van der Waals surface area (Å²) in [7, 11) is 0. The number of hydrogen-bond acceptors (Lipinski definition) is 7. The van der Waals surface area contributed by atoms with E-state index in [-0.39, 0.29) is 18.4 Å². The summed E-state index contributed by atoms with van der Waals surface area (Å²) >= 11 is 7.59. The SMILES string of the molecule is CCOc1cc(C=NN=C2NC(=O)CS2)c(Cl)cc1OCC(=O)Nc1ccccc1. The molecule has 1 aliphatic rings. The molecule has 0 spiro atoms. The van der Waals surface area contributed by atoms with Gasteiger partial charge in [0.15, 0.2) is 23.3 Å². The average Bonchev–Trinajstić information content (AvgIpc) is 3.15. The summed E-state index contributed by atoms with van der Waals surface area (Å²) in [5.74, 6) is 0.674. The van der Waals surface area contributed by atoms with Crippen molar-refractivity contribution in [2.75, 3.05) is 24.3 Å². The van der Waals surface area contributed by atoms with Gasteiger partial charge in [-0.1, -0.05) is 41.6 Å². The third kappa shape index (κ3) is 6.23. The molecule has 8 nitrogen and oxygen atoms in total. The Labute approximate surface area is 182 Å². The van der Waals surface area contributed by atoms with Crippen molar-refractivity contribution < 1.29 is 19.1 Å². The molecule has 156 valence electrons. The minimum Gasteiger partial charge on any atom is -0.490 e. The predicted molar refractivity (Wildman–Crippen MR) is 119 cm³/mol. The predicted octanol–water partition coefficient (Wildman–Crippen LogP) is 3.31. The Kier molecular flexibility index (Phi) is 7.69. The van der Waals surface area contributed by atoms with Gasteiger partial charge in [0.25, 0.3) is 5.91 Å². The molecule has 0 aromatic heterocycles. The first-order chi connectivity index (χ1) is 14.5. The minimum atomic E-state index is -0.308. The van der Waals surface area contributed by atoms with E-state index in [0.29, 0.717) is 45.3 Å². The van der Waals surface area contributed by atoms with E-state index >= 15 is 0 Å². The van der Waals surface area contributed by atoms with Crippen molar-refractivity contribution in [2.24, 2.45) is 10.2 Å². The molecule has 2 N–H and O–H groups in total. The molecule has 2 amide bonds. The van der Waals surface area contributed by atoms with Crippen molar-refractivity contribution in [3.05, 3.63) is 53.1 Å². The van der Waals surface area contributed by atoms with E-state index in [9.17, 15) is 9.59 Å². The second-order valence-corrected chi connectivity index (χ2v) is 7.31. The van der Waals surface area contributed by atoms with Gasteiger partial charge in [-0.2, -0.15) is 5.10 Å². The quantitative estimate of drug-likeness (QED) is 0.478. The Bertz CT molecular complexity index is 982. The number of amides is 2. The van der Waals surface area contributed by atoms with Gasteiger partial charge in [0, 0.05) is 17.3 Å². The molecule has 0 unspecified atom stereocenters. The lowest BCUT2D eigenvalue weighted by molar-refractivity contribution is -0.118. The van der Waals surface area contributed by atoms with E-state index in [1.54, 1.807) is 24.3 Å². The smallest absolute Gasteiger partial charge is 0.262 e. The number of para-hydroxylation sites is 1. The summed E-state index contributed by atoms with van der Waals surface area (Å²) in [6.45, 7) is 2.03. The molecule has 2 aromatic rings. The lowest BCUT2D eigenvalue weighted by atomic mass is 10.2. The Balaban J connectivity index is 1.68. The van der Waals surface area contributed by atoms with Gasteiger partial charge >= 0.3 is 0 Å². The second kappa shape index (κ2) is 10.7. The van der Waals surface area contributed by atoms with Crippen molar-refractivity contribution >= 4 is 52.2 Å². The molecule has 1 aliphatic heterocycles. The molecule has 10 heteroatoms. The third-order valence-corrected chi connectivity index (χ3v) is 4.90. The average molecular weight is 447 g/mol. The Morgan fingerprint density at radius 2 is 2.03 bits per heavy atom. The van der Waals surface area contributed by atoms with Crippen molar-refractivity contribution in [1.29, 1.82) is 0 Å². The molecule has 3 rings (SSSR count). The van der Waals surface area contributed by atoms with Crippen LogP contribution in [0.5, 0.6) is 11.5 Å². The molecule has 1 fully saturated rings. The monoisotopic (exact) mass is 446 g/mol. The maximum absolute atomic E-state index is 12.1. The summed E-state index contributed by atoms with van der Waals surface area (Å²) in [6, 6.07) is 12.3. The molecule has 30 heavy (non-hydrogen) atoms. The van der Waals surface area contributed by atoms with Crippen LogP contribution in [0.25, 0.3) is 0 Å². The second-order valence-electron chi connectivity index (χ2n) is 5.94. The number of halogens is 1. The molecule has 2 aromatic carbocycles. The van der Waals surface area contributed by atoms with Crippen LogP contribution in [-0.2, 0) is 9.59 Å². The van der Waals surface area contributed by atoms with Crippen LogP contribution in [0.4, 0.5) is 5.69 Å². The van der Waals surface area contributed by atoms with Crippen LogP contribution in [0.2, 0.25) is 5.02 Å². The number of benzene rings is 2. The topological polar surface area (TPSA) is 101 Å². The fraction of sp³-hybridized carbons (Fsp3) is 0.200. The highest BCUT2D eigenvalue weighted by molar-refractivity contribution is 8.15. The fourth-order valence-electron chi connectivity index (χ4n) is 2.42. The number of nitrogens with zero attached hydrogens (tertiary/aromatic N) is 2. The van der Waals surface area contributed by atoms with Crippen molar-refractivity contribution in [3.63, 3.8) is 0 Å². The number of rotatable bonds is 8. The number of thioether (sulfide) groups is 1. The van der Waals surface area contributed by atoms with Gasteiger partial charge in [-0.3, -0.25) is 9.59 Å². The normalized spacial score (nSPS) is 14.7. The van der Waals surface area contributed by atoms with E-state index in [4.69, 9.17) is 21.1 Å². The van der Waals surface area contributed by atoms with Crippen LogP contribution < -0.4 is 20.1 Å². The summed E-state index contributed by atoms with van der Waals surface area (Å²) in [4.78, 5) is 23.3. The van der Waals surface area contributed by atoms with Crippen LogP contribution in [-0.4, -0.2) is 42.2 Å². The highest BCUT2D eigenvalue weighted by Crippen LogP contribution is 2.33. The largest absolute Gasteiger partial charge is 0.490 e. The first-order valence-corrected chi connectivity index (χ1v) is 10.4. The Hall–Kier alpha value is -3.04. The zero-order valence-corrected chi connectivity index (χ0v) is 17.6. The number of anilines is 1. The molecule has 0 bridgehead atoms. The highest BCUT2D eigenvalue weighted by Gasteiger charge is 2.16. The molecular weight excluding hydrogens is 428 g/mol. The van der Waals surface area contributed by atoms with Crippen LogP contribution in [0.1, 0.15) is 12.5 Å². The van der Waals surface area contributed by atoms with Gasteiger partial charge in [0.1, 0.15) is 0 Å². The van der Waals surface area contributed by atoms with Gasteiger partial charge in [-0.25, -0.2) is 0 Å². The van der Waals surface area contributed by atoms with Crippen molar-refractivity contribution in [1.82, 2.24) is 5.32 Å². The lowest BCUT2D eigenvalue weighted by Gasteiger charge is -2.13. The van der Waals surface area contributed by atoms with E-state index in [0.717, 1.165) is 0 Å². The van der Waals surface area contributed by atoms with E-state index in [2.05, 4.69) is 20.8 Å². The van der Waals surface area contributed by atoms with Crippen molar-refractivity contribution in [2.45, 2.75) is 6.92 Å². The number of nitrogens with one attached hydrogen (secondary N) is 2. The summed E-state index contributed by atoms with van der Waals surface area (Å²) < 4.78 is 11.2. The van der Waals surface area contributed by atoms with Gasteiger partial charge in [-0.05, 0) is 25.1 Å². The number of carbonyl (C=O) groups is 2. The van der Waals surface area contributed by atoms with Crippen LogP contribution in [0, 0.1) is 0 Å². The molecule has 0 aliphatic carbocycles. The fourth-order valence-corrected chi connectivity index (χ4v) is 3.25. The lowest BCUT2D eigenvalue weighted by Crippen LogP contribution is -2.20. The number of amidine groups is 1. The molecule has 1 saturated heterocycles. The summed E-state index contributed by atoms with van der Waals surface area (Å²) in [5.41, 5.74) is 1.24. The van der Waals surface area contributed by atoms with Gasteiger partial charge in [-0.15, -0.1) is 5.10 Å². The van der Waals surface area contributed by atoms with Crippen molar-refractivity contribution in [3.8, 4) is 11.5 Å². The number of hydrogen-bond donors (Lipinski definition) is 2. The molecule has 0 saturated carbocycles. The minimum absolute atomic E-state index is 0.108. The third-order valence-electron chi connectivity index (χ3n) is 3.71. The maximum Gasteiger partial charge on any atom is 0.262 e. The zero-order chi connectivity index (χ0) is 21.3. The van der Waals surface area contributed by atoms with Crippen LogP contribution in [0.3, 0.4) is 0 Å². The number of ether oxygens (including phenoxy) is 2. The zero-order valence-electron chi connectivity index (χ0n) is 16.1. The molecule has 0 radical (unpaired) electrons. The van der Waals surface area contributed by atoms with Gasteiger partial charge < -0.3 is 20.1 Å². The first-order valence-electron chi connectivity index (χ1n) is 9.03. The highest BCUT2D eigenvalue weighted by atomic mass is 35.5. The Morgan fingerprint density at radius 1 is 1.27 bits per heavy atom. The van der Waals surface area contributed by atoms with E-state index in [1.807, 2.05) is 25.1 Å². The Morgan fingerprint density at radius 3 is 2.73 bits per heavy atom. The molecule has 1 heterocycles. The molecular formula is C20H19ClN4O4S. The summed E-state index contributed by atoms with van der Waals surface area (Å²) in [5, 5.41) is 14.0. The van der Waals surface area contributed by atoms with Crippen LogP contribution >= 0.6 is 23.4 Å². The first kappa shape index (κ1) is 21.7. The van der Waals surface area contributed by atoms with E-state index in [1.165, 1.54) is 18.0 Å². The van der Waals surface area contributed by atoms with Gasteiger partial charge in [0.2, 0.25) is 5.91 Å². The van der Waals surface area contributed by atoms with E-state index < -0.39 is 0 Å². The number of carbonyl (C=O) groups excluding carboxylic acids is 2. The molecule has 0 atom stereocenters. The van der Waals surface area contributed by atoms with Gasteiger partial charge in [0.05, 0.1) is 23.6 Å².